The third-order valence-corrected chi connectivity index (χ3v) is 4.66. The standard InChI is InChI=1S/C22H31NO6/c1-20(2,3)28-18(25)16-14(24)11-22(7,27)17(19(26)29-21(4,5)6)15(16)13-9-8-10-23-12-13/h8-10,12,15-17,27H,11H2,1-7H3/t15-,16+,17-,22-/m0/s1. The van der Waals surface area contributed by atoms with E-state index in [1.807, 2.05) is 0 Å². The van der Waals surface area contributed by atoms with Crippen molar-refractivity contribution in [1.29, 1.82) is 0 Å². The van der Waals surface area contributed by atoms with E-state index in [2.05, 4.69) is 4.98 Å². The molecular formula is C22H31NO6. The van der Waals surface area contributed by atoms with E-state index >= 15 is 0 Å². The molecule has 0 radical (unpaired) electrons. The fourth-order valence-corrected chi connectivity index (χ4v) is 3.72. The van der Waals surface area contributed by atoms with Crippen LogP contribution in [0.5, 0.6) is 0 Å². The molecule has 1 saturated carbocycles. The Morgan fingerprint density at radius 3 is 2.14 bits per heavy atom. The third kappa shape index (κ3) is 5.63. The predicted octanol–water partition coefficient (Wildman–Crippen LogP) is 2.80. The molecule has 0 bridgehead atoms. The predicted molar refractivity (Wildman–Crippen MR) is 106 cm³/mol. The van der Waals surface area contributed by atoms with Gasteiger partial charge in [0, 0.05) is 24.7 Å². The van der Waals surface area contributed by atoms with Gasteiger partial charge in [0.15, 0.2) is 5.78 Å². The lowest BCUT2D eigenvalue weighted by Gasteiger charge is -2.44. The highest BCUT2D eigenvalue weighted by atomic mass is 16.6. The molecule has 160 valence electrons. The molecule has 1 aliphatic rings. The van der Waals surface area contributed by atoms with E-state index in [-0.39, 0.29) is 6.42 Å². The highest BCUT2D eigenvalue weighted by molar-refractivity contribution is 6.03. The summed E-state index contributed by atoms with van der Waals surface area (Å²) >= 11 is 0. The Morgan fingerprint density at radius 1 is 1.10 bits per heavy atom. The van der Waals surface area contributed by atoms with Crippen molar-refractivity contribution in [1.82, 2.24) is 4.98 Å². The summed E-state index contributed by atoms with van der Waals surface area (Å²) < 4.78 is 11.0. The van der Waals surface area contributed by atoms with E-state index in [4.69, 9.17) is 9.47 Å². The average Bonchev–Trinajstić information content (AvgIpc) is 2.50. The van der Waals surface area contributed by atoms with Crippen molar-refractivity contribution in [2.24, 2.45) is 11.8 Å². The van der Waals surface area contributed by atoms with E-state index in [0.717, 1.165) is 0 Å². The van der Waals surface area contributed by atoms with Crippen molar-refractivity contribution in [2.75, 3.05) is 0 Å². The van der Waals surface area contributed by atoms with Crippen LogP contribution in [0.15, 0.2) is 24.5 Å². The van der Waals surface area contributed by atoms with Gasteiger partial charge >= 0.3 is 11.9 Å². The van der Waals surface area contributed by atoms with E-state index in [9.17, 15) is 19.5 Å². The number of hydrogen-bond acceptors (Lipinski definition) is 7. The Kier molecular flexibility index (Phi) is 6.23. The number of aromatic nitrogens is 1. The summed E-state index contributed by atoms with van der Waals surface area (Å²) in [5.74, 6) is -5.20. The van der Waals surface area contributed by atoms with Crippen molar-refractivity contribution >= 4 is 17.7 Å². The van der Waals surface area contributed by atoms with Crippen LogP contribution >= 0.6 is 0 Å². The number of rotatable bonds is 3. The molecule has 29 heavy (non-hydrogen) atoms. The molecule has 1 N–H and O–H groups in total. The summed E-state index contributed by atoms with van der Waals surface area (Å²) in [4.78, 5) is 43.1. The summed E-state index contributed by atoms with van der Waals surface area (Å²) in [6.45, 7) is 11.7. The summed E-state index contributed by atoms with van der Waals surface area (Å²) in [5, 5.41) is 11.0. The lowest BCUT2D eigenvalue weighted by Crippen LogP contribution is -2.56. The highest BCUT2D eigenvalue weighted by Crippen LogP contribution is 2.47. The molecule has 2 rings (SSSR count). The van der Waals surface area contributed by atoms with Crippen molar-refractivity contribution in [3.05, 3.63) is 30.1 Å². The molecule has 4 atom stereocenters. The summed E-state index contributed by atoms with van der Waals surface area (Å²) in [6, 6.07) is 3.34. The number of esters is 2. The van der Waals surface area contributed by atoms with Gasteiger partial charge in [-0.25, -0.2) is 0 Å². The van der Waals surface area contributed by atoms with E-state index in [0.29, 0.717) is 5.56 Å². The first-order valence-electron chi connectivity index (χ1n) is 9.73. The van der Waals surface area contributed by atoms with Crippen molar-refractivity contribution in [3.8, 4) is 0 Å². The molecule has 0 amide bonds. The van der Waals surface area contributed by atoms with E-state index in [1.54, 1.807) is 59.9 Å². The lowest BCUT2D eigenvalue weighted by molar-refractivity contribution is -0.182. The number of Topliss-reactive ketones (excluding diaryl/α,β-unsaturated/α-hetero) is 1. The lowest BCUT2D eigenvalue weighted by atomic mass is 9.62. The summed E-state index contributed by atoms with van der Waals surface area (Å²) in [5.41, 5.74) is -2.79. The normalized spacial score (nSPS) is 28.0. The first kappa shape index (κ1) is 23.0. The third-order valence-electron chi connectivity index (χ3n) is 4.66. The van der Waals surface area contributed by atoms with Crippen LogP contribution in [0.25, 0.3) is 0 Å². The monoisotopic (exact) mass is 405 g/mol. The van der Waals surface area contributed by atoms with Crippen LogP contribution in [0.3, 0.4) is 0 Å². The van der Waals surface area contributed by atoms with Crippen molar-refractivity contribution in [2.45, 2.75) is 77.6 Å². The SMILES string of the molecule is CC(C)(C)OC(=O)[C@@H]1C(=O)C[C@](C)(O)[C@H](C(=O)OC(C)(C)C)[C@H]1c1cccnc1. The Balaban J connectivity index is 2.59. The number of nitrogens with zero attached hydrogens (tertiary/aromatic N) is 1. The van der Waals surface area contributed by atoms with E-state index < -0.39 is 52.3 Å². The Morgan fingerprint density at radius 2 is 1.66 bits per heavy atom. The number of hydrogen-bond donors (Lipinski definition) is 1. The van der Waals surface area contributed by atoms with Crippen LogP contribution in [0.4, 0.5) is 0 Å². The first-order chi connectivity index (χ1) is 13.1. The molecule has 0 unspecified atom stereocenters. The Hall–Kier alpha value is -2.28. The maximum absolute atomic E-state index is 13.1. The number of carbonyl (C=O) groups excluding carboxylic acids is 3. The van der Waals surface area contributed by atoms with Gasteiger partial charge in [-0.2, -0.15) is 0 Å². The fraction of sp³-hybridized carbons (Fsp3) is 0.636. The molecule has 1 heterocycles. The van der Waals surface area contributed by atoms with Gasteiger partial charge in [0.05, 0.1) is 11.5 Å². The van der Waals surface area contributed by atoms with Crippen LogP contribution < -0.4 is 0 Å². The maximum atomic E-state index is 13.1. The molecule has 0 aliphatic heterocycles. The van der Waals surface area contributed by atoms with Gasteiger partial charge in [0.1, 0.15) is 17.1 Å². The fourth-order valence-electron chi connectivity index (χ4n) is 3.72. The quantitative estimate of drug-likeness (QED) is 0.609. The van der Waals surface area contributed by atoms with E-state index in [1.165, 1.54) is 13.1 Å². The van der Waals surface area contributed by atoms with Gasteiger partial charge < -0.3 is 14.6 Å². The minimum Gasteiger partial charge on any atom is -0.460 e. The second-order valence-electron chi connectivity index (χ2n) is 9.83. The van der Waals surface area contributed by atoms with Gasteiger partial charge in [-0.1, -0.05) is 6.07 Å². The number of carbonyl (C=O) groups is 3. The molecule has 0 saturated heterocycles. The van der Waals surface area contributed by atoms with Gasteiger partial charge in [0.25, 0.3) is 0 Å². The largest absolute Gasteiger partial charge is 0.460 e. The van der Waals surface area contributed by atoms with Gasteiger partial charge in [-0.15, -0.1) is 0 Å². The molecule has 7 nitrogen and oxygen atoms in total. The zero-order chi connectivity index (χ0) is 22.2. The van der Waals surface area contributed by atoms with Crippen molar-refractivity contribution < 1.29 is 29.0 Å². The topological polar surface area (TPSA) is 103 Å². The molecule has 1 aromatic heterocycles. The van der Waals surface area contributed by atoms with Crippen LogP contribution in [-0.2, 0) is 23.9 Å². The molecular weight excluding hydrogens is 374 g/mol. The number of aliphatic hydroxyl groups is 1. The maximum Gasteiger partial charge on any atom is 0.317 e. The minimum absolute atomic E-state index is 0.350. The highest BCUT2D eigenvalue weighted by Gasteiger charge is 2.57. The average molecular weight is 405 g/mol. The number of ketones is 1. The first-order valence-corrected chi connectivity index (χ1v) is 9.73. The molecule has 1 aliphatic carbocycles. The second-order valence-corrected chi connectivity index (χ2v) is 9.83. The van der Waals surface area contributed by atoms with Crippen molar-refractivity contribution in [3.63, 3.8) is 0 Å². The van der Waals surface area contributed by atoms with Crippen LogP contribution in [-0.4, -0.2) is 44.6 Å². The van der Waals surface area contributed by atoms with Gasteiger partial charge in [0.2, 0.25) is 0 Å². The minimum atomic E-state index is -1.68. The molecule has 1 aromatic rings. The zero-order valence-corrected chi connectivity index (χ0v) is 18.2. The molecule has 0 aromatic carbocycles. The number of ether oxygens (including phenoxy) is 2. The Labute approximate surface area is 171 Å². The summed E-state index contributed by atoms with van der Waals surface area (Å²) in [7, 11) is 0. The van der Waals surface area contributed by atoms with Crippen LogP contribution in [0.2, 0.25) is 0 Å². The number of pyridine rings is 1. The van der Waals surface area contributed by atoms with Gasteiger partial charge in [-0.3, -0.25) is 19.4 Å². The van der Waals surface area contributed by atoms with Crippen LogP contribution in [0.1, 0.15) is 66.4 Å². The molecule has 0 spiro atoms. The van der Waals surface area contributed by atoms with Crippen LogP contribution in [0, 0.1) is 11.8 Å². The zero-order valence-electron chi connectivity index (χ0n) is 18.2. The molecule has 7 heteroatoms. The molecule has 1 fully saturated rings. The second kappa shape index (κ2) is 7.86. The Bertz CT molecular complexity index is 773. The van der Waals surface area contributed by atoms with Gasteiger partial charge in [-0.05, 0) is 60.1 Å². The summed E-state index contributed by atoms with van der Waals surface area (Å²) in [6.07, 6.45) is 2.70. The smallest absolute Gasteiger partial charge is 0.317 e.